The normalized spacial score (nSPS) is 14.5. The number of anilines is 1. The van der Waals surface area contributed by atoms with Gasteiger partial charge in [-0.2, -0.15) is 24.5 Å². The van der Waals surface area contributed by atoms with E-state index in [4.69, 9.17) is 9.97 Å². The Morgan fingerprint density at radius 1 is 1.02 bits per heavy atom. The molecular weight excluding hydrogens is 551 g/mol. The monoisotopic (exact) mass is 577 g/mol. The second kappa shape index (κ2) is 10.9. The van der Waals surface area contributed by atoms with E-state index in [-0.39, 0.29) is 12.5 Å². The maximum Gasteiger partial charge on any atom is 0.416 e. The van der Waals surface area contributed by atoms with Crippen LogP contribution < -0.4 is 5.32 Å². The van der Waals surface area contributed by atoms with Crippen LogP contribution in [0.25, 0.3) is 28.2 Å². The van der Waals surface area contributed by atoms with E-state index in [2.05, 4.69) is 15.2 Å². The van der Waals surface area contributed by atoms with Gasteiger partial charge in [0, 0.05) is 49.2 Å². The Kier molecular flexibility index (Phi) is 7.18. The molecule has 1 aliphatic heterocycles. The Hall–Kier alpha value is -4.29. The molecule has 1 amide bonds. The van der Waals surface area contributed by atoms with E-state index in [1.807, 2.05) is 45.5 Å². The maximum atomic E-state index is 13.2. The number of aromatic nitrogens is 4. The Balaban J connectivity index is 1.33. The van der Waals surface area contributed by atoms with E-state index < -0.39 is 11.7 Å². The van der Waals surface area contributed by atoms with Gasteiger partial charge in [-0.3, -0.25) is 9.36 Å². The number of piperazine rings is 1. The van der Waals surface area contributed by atoms with Gasteiger partial charge < -0.3 is 15.1 Å². The van der Waals surface area contributed by atoms with E-state index in [9.17, 15) is 18.0 Å². The number of amides is 1. The summed E-state index contributed by atoms with van der Waals surface area (Å²) in [7, 11) is 2.04. The maximum absolute atomic E-state index is 13.2. The van der Waals surface area contributed by atoms with Crippen molar-refractivity contribution in [1.29, 1.82) is 0 Å². The van der Waals surface area contributed by atoms with Gasteiger partial charge >= 0.3 is 6.18 Å². The Bertz CT molecular complexity index is 1680. The third kappa shape index (κ3) is 5.66. The first-order chi connectivity index (χ1) is 19.8. The highest BCUT2D eigenvalue weighted by molar-refractivity contribution is 7.08. The molecule has 1 fully saturated rings. The van der Waals surface area contributed by atoms with Crippen molar-refractivity contribution in [2.75, 3.05) is 38.5 Å². The van der Waals surface area contributed by atoms with Crippen LogP contribution in [-0.4, -0.2) is 68.5 Å². The zero-order valence-electron chi connectivity index (χ0n) is 22.1. The number of thiophene rings is 1. The van der Waals surface area contributed by atoms with E-state index in [1.165, 1.54) is 17.4 Å². The lowest BCUT2D eigenvalue weighted by molar-refractivity contribution is -0.137. The molecule has 8 nitrogen and oxygen atoms in total. The summed E-state index contributed by atoms with van der Waals surface area (Å²) < 4.78 is 41.6. The van der Waals surface area contributed by atoms with Crippen molar-refractivity contribution in [1.82, 2.24) is 29.3 Å². The summed E-state index contributed by atoms with van der Waals surface area (Å²) in [6.45, 7) is 3.16. The predicted molar refractivity (Wildman–Crippen MR) is 152 cm³/mol. The number of carbonyl (C=O) groups excluding carboxylic acids is 1. The molecule has 0 saturated carbocycles. The quantitative estimate of drug-likeness (QED) is 0.285. The third-order valence-electron chi connectivity index (χ3n) is 7.08. The minimum atomic E-state index is -4.43. The van der Waals surface area contributed by atoms with Crippen LogP contribution in [0.2, 0.25) is 0 Å². The highest BCUT2D eigenvalue weighted by Crippen LogP contribution is 2.31. The van der Waals surface area contributed by atoms with Crippen molar-refractivity contribution in [3.8, 4) is 17.1 Å². The first kappa shape index (κ1) is 26.9. The molecule has 210 valence electrons. The average molecular weight is 578 g/mol. The standard InChI is InChI=1S/C29H26F3N7OS/c1-37-10-12-38(13-11-37)28(40)21-7-5-20(6-8-21)25-35-26(33-16-19-3-2-4-22(15-19)29(30,31)32)24-27(36-25)39(18-34-24)23-9-14-41-17-23/h2-9,14-15,17-18H,10-13,16H2,1H3,(H,33,35,36). The van der Waals surface area contributed by atoms with E-state index >= 15 is 0 Å². The number of nitrogens with one attached hydrogen (secondary N) is 1. The summed E-state index contributed by atoms with van der Waals surface area (Å²) in [5.74, 6) is 0.786. The molecule has 3 aromatic heterocycles. The molecule has 6 rings (SSSR count). The fourth-order valence-corrected chi connectivity index (χ4v) is 5.36. The van der Waals surface area contributed by atoms with Crippen LogP contribution in [0.5, 0.6) is 0 Å². The Morgan fingerprint density at radius 2 is 1.80 bits per heavy atom. The number of fused-ring (bicyclic) bond motifs is 1. The van der Waals surface area contributed by atoms with Crippen LogP contribution in [0.3, 0.4) is 0 Å². The molecule has 0 radical (unpaired) electrons. The molecule has 1 saturated heterocycles. The number of alkyl halides is 3. The number of halogens is 3. The fraction of sp³-hybridized carbons (Fsp3) is 0.241. The number of hydrogen-bond donors (Lipinski definition) is 1. The summed E-state index contributed by atoms with van der Waals surface area (Å²) in [5, 5.41) is 7.09. The third-order valence-corrected chi connectivity index (χ3v) is 7.75. The second-order valence-corrected chi connectivity index (χ2v) is 10.7. The van der Waals surface area contributed by atoms with Crippen molar-refractivity contribution in [3.63, 3.8) is 0 Å². The summed E-state index contributed by atoms with van der Waals surface area (Å²) in [6, 6.07) is 14.3. The van der Waals surface area contributed by atoms with Crippen LogP contribution in [0, 0.1) is 0 Å². The van der Waals surface area contributed by atoms with Crippen molar-refractivity contribution in [2.45, 2.75) is 12.7 Å². The summed E-state index contributed by atoms with van der Waals surface area (Å²) in [5.41, 5.74) is 2.97. The van der Waals surface area contributed by atoms with Crippen LogP contribution in [0.15, 0.2) is 71.7 Å². The van der Waals surface area contributed by atoms with Gasteiger partial charge in [-0.15, -0.1) is 0 Å². The summed E-state index contributed by atoms with van der Waals surface area (Å²) in [6.07, 6.45) is -2.78. The minimum absolute atomic E-state index is 0.0139. The molecule has 12 heteroatoms. The number of carbonyl (C=O) groups is 1. The smallest absolute Gasteiger partial charge is 0.364 e. The topological polar surface area (TPSA) is 79.2 Å². The van der Waals surface area contributed by atoms with Gasteiger partial charge in [-0.1, -0.05) is 24.3 Å². The van der Waals surface area contributed by atoms with Crippen LogP contribution >= 0.6 is 11.3 Å². The molecule has 0 bridgehead atoms. The highest BCUT2D eigenvalue weighted by Gasteiger charge is 2.30. The number of rotatable bonds is 6. The summed E-state index contributed by atoms with van der Waals surface area (Å²) >= 11 is 1.54. The Morgan fingerprint density at radius 3 is 2.51 bits per heavy atom. The van der Waals surface area contributed by atoms with Gasteiger partial charge in [-0.05, 0) is 48.3 Å². The molecule has 2 aromatic carbocycles. The molecule has 0 unspecified atom stereocenters. The number of imidazole rings is 1. The minimum Gasteiger partial charge on any atom is -0.364 e. The van der Waals surface area contributed by atoms with Crippen molar-refractivity contribution in [2.24, 2.45) is 0 Å². The number of benzene rings is 2. The first-order valence-electron chi connectivity index (χ1n) is 13.0. The van der Waals surface area contributed by atoms with Crippen molar-refractivity contribution in [3.05, 3.63) is 88.4 Å². The van der Waals surface area contributed by atoms with Gasteiger partial charge in [0.05, 0.1) is 11.3 Å². The molecule has 0 spiro atoms. The van der Waals surface area contributed by atoms with Gasteiger partial charge in [0.15, 0.2) is 22.8 Å². The number of likely N-dealkylation sites (N-methyl/N-ethyl adjacent to an activating group) is 1. The lowest BCUT2D eigenvalue weighted by Crippen LogP contribution is -2.47. The molecule has 4 heterocycles. The largest absolute Gasteiger partial charge is 0.416 e. The van der Waals surface area contributed by atoms with Gasteiger partial charge in [0.25, 0.3) is 5.91 Å². The van der Waals surface area contributed by atoms with Crippen LogP contribution in [0.4, 0.5) is 19.0 Å². The highest BCUT2D eigenvalue weighted by atomic mass is 32.1. The van der Waals surface area contributed by atoms with E-state index in [0.29, 0.717) is 52.6 Å². The fourth-order valence-electron chi connectivity index (χ4n) is 4.73. The van der Waals surface area contributed by atoms with Gasteiger partial charge in [0.2, 0.25) is 0 Å². The molecule has 0 aliphatic carbocycles. The molecule has 1 aliphatic rings. The van der Waals surface area contributed by atoms with Crippen LogP contribution in [0.1, 0.15) is 21.5 Å². The predicted octanol–water partition coefficient (Wildman–Crippen LogP) is 5.56. The van der Waals surface area contributed by atoms with Gasteiger partial charge in [0.1, 0.15) is 6.33 Å². The van der Waals surface area contributed by atoms with E-state index in [1.54, 1.807) is 24.5 Å². The SMILES string of the molecule is CN1CCN(C(=O)c2ccc(-c3nc(NCc4cccc(C(F)(F)F)c4)c4ncn(-c5ccsc5)c4n3)cc2)CC1. The molecule has 41 heavy (non-hydrogen) atoms. The molecule has 0 atom stereocenters. The number of hydrogen-bond acceptors (Lipinski definition) is 7. The zero-order valence-corrected chi connectivity index (χ0v) is 22.9. The van der Waals surface area contributed by atoms with Gasteiger partial charge in [-0.25, -0.2) is 15.0 Å². The van der Waals surface area contributed by atoms with Crippen molar-refractivity contribution >= 4 is 34.2 Å². The van der Waals surface area contributed by atoms with Crippen LogP contribution in [-0.2, 0) is 12.7 Å². The van der Waals surface area contributed by atoms with E-state index in [0.717, 1.165) is 30.9 Å². The molecule has 5 aromatic rings. The van der Waals surface area contributed by atoms with Crippen molar-refractivity contribution < 1.29 is 18.0 Å². The molecular formula is C29H26F3N7OS. The first-order valence-corrected chi connectivity index (χ1v) is 14.0. The summed E-state index contributed by atoms with van der Waals surface area (Å²) in [4.78, 5) is 31.1. The number of nitrogens with zero attached hydrogens (tertiary/aromatic N) is 6. The molecule has 1 N–H and O–H groups in total. The average Bonchev–Trinajstić information content (AvgIpc) is 3.66. The zero-order chi connectivity index (χ0) is 28.6. The Labute approximate surface area is 238 Å². The lowest BCUT2D eigenvalue weighted by Gasteiger charge is -2.32. The lowest BCUT2D eigenvalue weighted by atomic mass is 10.1. The second-order valence-electron chi connectivity index (χ2n) is 9.89.